The summed E-state index contributed by atoms with van der Waals surface area (Å²) in [4.78, 5) is 17.9. The van der Waals surface area contributed by atoms with Gasteiger partial charge in [-0.25, -0.2) is 4.98 Å². The minimum atomic E-state index is -0.446. The lowest BCUT2D eigenvalue weighted by Crippen LogP contribution is -2.27. The Morgan fingerprint density at radius 2 is 2.26 bits per heavy atom. The standard InChI is InChI=1S/C16H15BrClN3O2/c17-10-3-4-14(12(8-10)15(19)22)21-7-5-11(9-21)23-16-13(18)2-1-6-20-16/h1-4,6,8,11H,5,7,9H2,(H2,19,22)/t11-/m0/s1. The summed E-state index contributed by atoms with van der Waals surface area (Å²) in [7, 11) is 0. The van der Waals surface area contributed by atoms with E-state index in [1.54, 1.807) is 24.4 Å². The molecule has 120 valence electrons. The van der Waals surface area contributed by atoms with Crippen molar-refractivity contribution in [2.75, 3.05) is 18.0 Å². The van der Waals surface area contributed by atoms with Gasteiger partial charge in [0.15, 0.2) is 0 Å². The summed E-state index contributed by atoms with van der Waals surface area (Å²) >= 11 is 9.44. The van der Waals surface area contributed by atoms with Gasteiger partial charge in [0.25, 0.3) is 5.91 Å². The fraction of sp³-hybridized carbons (Fsp3) is 0.250. The van der Waals surface area contributed by atoms with Crippen LogP contribution in [0.25, 0.3) is 0 Å². The third kappa shape index (κ3) is 3.59. The molecule has 5 nitrogen and oxygen atoms in total. The van der Waals surface area contributed by atoms with Crippen LogP contribution in [0.4, 0.5) is 5.69 Å². The van der Waals surface area contributed by atoms with Gasteiger partial charge in [-0.05, 0) is 30.3 Å². The lowest BCUT2D eigenvalue weighted by molar-refractivity contribution is 0.100. The zero-order valence-corrected chi connectivity index (χ0v) is 14.5. The summed E-state index contributed by atoms with van der Waals surface area (Å²) in [5, 5.41) is 0.493. The lowest BCUT2D eigenvalue weighted by atomic mass is 10.1. The van der Waals surface area contributed by atoms with Gasteiger partial charge in [-0.15, -0.1) is 0 Å². The Balaban J connectivity index is 1.75. The Morgan fingerprint density at radius 3 is 3.00 bits per heavy atom. The molecular weight excluding hydrogens is 382 g/mol. The molecular formula is C16H15BrClN3O2. The molecule has 2 aromatic rings. The smallest absolute Gasteiger partial charge is 0.250 e. The second-order valence-electron chi connectivity index (χ2n) is 5.29. The van der Waals surface area contributed by atoms with Gasteiger partial charge in [0.05, 0.1) is 12.1 Å². The highest BCUT2D eigenvalue weighted by molar-refractivity contribution is 9.10. The van der Waals surface area contributed by atoms with E-state index in [4.69, 9.17) is 22.1 Å². The first-order valence-corrected chi connectivity index (χ1v) is 8.33. The Kier molecular flexibility index (Phi) is 4.73. The fourth-order valence-corrected chi connectivity index (χ4v) is 3.17. The minimum Gasteiger partial charge on any atom is -0.471 e. The van der Waals surface area contributed by atoms with E-state index in [9.17, 15) is 4.79 Å². The number of hydrogen-bond acceptors (Lipinski definition) is 4. The maximum atomic E-state index is 11.7. The van der Waals surface area contributed by atoms with Crippen LogP contribution in [-0.2, 0) is 0 Å². The zero-order valence-electron chi connectivity index (χ0n) is 12.2. The van der Waals surface area contributed by atoms with Crippen LogP contribution in [-0.4, -0.2) is 30.1 Å². The summed E-state index contributed by atoms with van der Waals surface area (Å²) in [6.07, 6.45) is 2.43. The van der Waals surface area contributed by atoms with E-state index in [2.05, 4.69) is 25.8 Å². The molecule has 3 rings (SSSR count). The second kappa shape index (κ2) is 6.76. The van der Waals surface area contributed by atoms with Gasteiger partial charge in [0.1, 0.15) is 11.1 Å². The van der Waals surface area contributed by atoms with Crippen molar-refractivity contribution in [3.05, 3.63) is 51.6 Å². The molecule has 0 saturated carbocycles. The number of carbonyl (C=O) groups excluding carboxylic acids is 1. The molecule has 0 aliphatic carbocycles. The molecule has 1 fully saturated rings. The minimum absolute atomic E-state index is 0.0354. The highest BCUT2D eigenvalue weighted by Gasteiger charge is 2.27. The molecule has 1 atom stereocenters. The van der Waals surface area contributed by atoms with E-state index in [1.807, 2.05) is 12.1 Å². The first-order chi connectivity index (χ1) is 11.0. The topological polar surface area (TPSA) is 68.5 Å². The largest absolute Gasteiger partial charge is 0.471 e. The van der Waals surface area contributed by atoms with Crippen LogP contribution >= 0.6 is 27.5 Å². The molecule has 1 amide bonds. The molecule has 0 spiro atoms. The molecule has 1 aromatic carbocycles. The van der Waals surface area contributed by atoms with E-state index in [0.717, 1.165) is 23.1 Å². The van der Waals surface area contributed by atoms with Gasteiger partial charge >= 0.3 is 0 Å². The number of rotatable bonds is 4. The number of pyridine rings is 1. The number of anilines is 1. The Bertz CT molecular complexity index is 741. The molecule has 7 heteroatoms. The maximum Gasteiger partial charge on any atom is 0.250 e. The molecule has 0 bridgehead atoms. The predicted molar refractivity (Wildman–Crippen MR) is 93.2 cm³/mol. The van der Waals surface area contributed by atoms with Crippen LogP contribution in [0.15, 0.2) is 41.0 Å². The van der Waals surface area contributed by atoms with E-state index < -0.39 is 5.91 Å². The molecule has 0 radical (unpaired) electrons. The first kappa shape index (κ1) is 16.1. The van der Waals surface area contributed by atoms with Crippen molar-refractivity contribution in [2.24, 2.45) is 5.73 Å². The Morgan fingerprint density at radius 1 is 1.43 bits per heavy atom. The summed E-state index contributed by atoms with van der Waals surface area (Å²) in [6, 6.07) is 9.03. The highest BCUT2D eigenvalue weighted by atomic mass is 79.9. The Hall–Kier alpha value is -1.79. The number of aromatic nitrogens is 1. The average molecular weight is 397 g/mol. The van der Waals surface area contributed by atoms with Crippen LogP contribution < -0.4 is 15.4 Å². The summed E-state index contributed by atoms with van der Waals surface area (Å²) in [5.74, 6) is -0.00890. The average Bonchev–Trinajstić information content (AvgIpc) is 2.98. The number of benzene rings is 1. The normalized spacial score (nSPS) is 17.3. The van der Waals surface area contributed by atoms with E-state index in [-0.39, 0.29) is 6.10 Å². The summed E-state index contributed by atoms with van der Waals surface area (Å²) in [6.45, 7) is 1.42. The predicted octanol–water partition coefficient (Wildman–Crippen LogP) is 3.25. The number of nitrogens with zero attached hydrogens (tertiary/aromatic N) is 2. The van der Waals surface area contributed by atoms with E-state index in [1.165, 1.54) is 0 Å². The van der Waals surface area contributed by atoms with Gasteiger partial charge in [-0.1, -0.05) is 27.5 Å². The first-order valence-electron chi connectivity index (χ1n) is 7.16. The van der Waals surface area contributed by atoms with Gasteiger partial charge in [0.2, 0.25) is 5.88 Å². The SMILES string of the molecule is NC(=O)c1cc(Br)ccc1N1CC[C@H](Oc2ncccc2Cl)C1. The van der Waals surface area contributed by atoms with E-state index in [0.29, 0.717) is 23.0 Å². The monoisotopic (exact) mass is 395 g/mol. The number of amides is 1. The number of primary amides is 1. The molecule has 1 aliphatic rings. The molecule has 2 N–H and O–H groups in total. The fourth-order valence-electron chi connectivity index (χ4n) is 2.64. The van der Waals surface area contributed by atoms with Gasteiger partial charge in [-0.2, -0.15) is 0 Å². The van der Waals surface area contributed by atoms with Crippen molar-refractivity contribution in [3.63, 3.8) is 0 Å². The number of halogens is 2. The molecule has 23 heavy (non-hydrogen) atoms. The second-order valence-corrected chi connectivity index (χ2v) is 6.61. The van der Waals surface area contributed by atoms with Crippen LogP contribution in [0.1, 0.15) is 16.8 Å². The van der Waals surface area contributed by atoms with Crippen molar-refractivity contribution >= 4 is 39.1 Å². The molecule has 1 aliphatic heterocycles. The quantitative estimate of drug-likeness (QED) is 0.861. The number of nitrogens with two attached hydrogens (primary N) is 1. The van der Waals surface area contributed by atoms with Crippen LogP contribution in [0.2, 0.25) is 5.02 Å². The van der Waals surface area contributed by atoms with Crippen molar-refractivity contribution in [1.82, 2.24) is 4.98 Å². The van der Waals surface area contributed by atoms with Crippen molar-refractivity contribution < 1.29 is 9.53 Å². The van der Waals surface area contributed by atoms with Crippen LogP contribution in [0, 0.1) is 0 Å². The summed E-state index contributed by atoms with van der Waals surface area (Å²) < 4.78 is 6.69. The highest BCUT2D eigenvalue weighted by Crippen LogP contribution is 2.29. The number of hydrogen-bond donors (Lipinski definition) is 1. The summed E-state index contributed by atoms with van der Waals surface area (Å²) in [5.41, 5.74) is 6.80. The maximum absolute atomic E-state index is 11.7. The zero-order chi connectivity index (χ0) is 16.4. The molecule has 1 saturated heterocycles. The van der Waals surface area contributed by atoms with Crippen molar-refractivity contribution in [1.29, 1.82) is 0 Å². The van der Waals surface area contributed by atoms with Crippen LogP contribution in [0.3, 0.4) is 0 Å². The molecule has 0 unspecified atom stereocenters. The van der Waals surface area contributed by atoms with Gasteiger partial charge in [0, 0.05) is 29.3 Å². The third-order valence-corrected chi connectivity index (χ3v) is 4.49. The molecule has 2 heterocycles. The third-order valence-electron chi connectivity index (χ3n) is 3.71. The van der Waals surface area contributed by atoms with E-state index >= 15 is 0 Å². The van der Waals surface area contributed by atoms with Gasteiger partial charge in [-0.3, -0.25) is 4.79 Å². The van der Waals surface area contributed by atoms with Gasteiger partial charge < -0.3 is 15.4 Å². The number of ether oxygens (including phenoxy) is 1. The lowest BCUT2D eigenvalue weighted by Gasteiger charge is -2.21. The molecule has 1 aromatic heterocycles. The van der Waals surface area contributed by atoms with Crippen molar-refractivity contribution in [2.45, 2.75) is 12.5 Å². The number of carbonyl (C=O) groups is 1. The van der Waals surface area contributed by atoms with Crippen molar-refractivity contribution in [3.8, 4) is 5.88 Å². The van der Waals surface area contributed by atoms with Crippen LogP contribution in [0.5, 0.6) is 5.88 Å². The Labute approximate surface area is 147 Å².